The molecule has 0 spiro atoms. The fourth-order valence-corrected chi connectivity index (χ4v) is 1.94. The summed E-state index contributed by atoms with van der Waals surface area (Å²) in [6.07, 6.45) is 3.20. The molecule has 1 atom stereocenters. The molecular weight excluding hydrogens is 164 g/mol. The van der Waals surface area contributed by atoms with Gasteiger partial charge in [-0.1, -0.05) is 12.1 Å². The molecular formula is C11H14O2. The summed E-state index contributed by atoms with van der Waals surface area (Å²) in [5.41, 5.74) is 2.34. The lowest BCUT2D eigenvalue weighted by molar-refractivity contribution is 0.0904. The predicted octanol–water partition coefficient (Wildman–Crippen LogP) is 1.90. The first-order valence-electron chi connectivity index (χ1n) is 4.64. The first kappa shape index (κ1) is 8.57. The van der Waals surface area contributed by atoms with Gasteiger partial charge in [-0.05, 0) is 30.0 Å². The average molecular weight is 178 g/mol. The van der Waals surface area contributed by atoms with Crippen LogP contribution in [-0.2, 0) is 17.6 Å². The molecule has 1 aliphatic carbocycles. The number of benzene rings is 1. The maximum atomic E-state index is 9.61. The van der Waals surface area contributed by atoms with Crippen LogP contribution in [0.3, 0.4) is 0 Å². The van der Waals surface area contributed by atoms with E-state index in [-0.39, 0.29) is 6.10 Å². The number of methoxy groups -OCH3 is 1. The van der Waals surface area contributed by atoms with Gasteiger partial charge >= 0.3 is 0 Å². The minimum atomic E-state index is 0.279. The third-order valence-corrected chi connectivity index (χ3v) is 2.75. The molecule has 2 rings (SSSR count). The summed E-state index contributed by atoms with van der Waals surface area (Å²) >= 11 is 0. The van der Waals surface area contributed by atoms with Crippen molar-refractivity contribution in [2.45, 2.75) is 25.4 Å². The van der Waals surface area contributed by atoms with Gasteiger partial charge in [-0.15, -0.1) is 0 Å². The number of hydrogen-bond donors (Lipinski definition) is 1. The Labute approximate surface area is 78.2 Å². The standard InChI is InChI=1S/C11H14O2/c1-13-9-6-5-8-3-2-4-11(12)10(8)7-9/h2-4,9,12H,5-7H2,1H3. The first-order chi connectivity index (χ1) is 6.31. The molecule has 0 radical (unpaired) electrons. The molecule has 1 aliphatic rings. The van der Waals surface area contributed by atoms with Gasteiger partial charge in [-0.25, -0.2) is 0 Å². The summed E-state index contributed by atoms with van der Waals surface area (Å²) in [6.45, 7) is 0. The molecule has 0 aromatic heterocycles. The third kappa shape index (κ3) is 1.54. The van der Waals surface area contributed by atoms with Crippen LogP contribution >= 0.6 is 0 Å². The number of rotatable bonds is 1. The van der Waals surface area contributed by atoms with Crippen LogP contribution in [0.5, 0.6) is 5.75 Å². The lowest BCUT2D eigenvalue weighted by atomic mass is 9.89. The van der Waals surface area contributed by atoms with E-state index in [9.17, 15) is 5.11 Å². The summed E-state index contributed by atoms with van der Waals surface area (Å²) in [5, 5.41) is 9.61. The van der Waals surface area contributed by atoms with E-state index in [2.05, 4.69) is 6.07 Å². The van der Waals surface area contributed by atoms with Gasteiger partial charge in [0.15, 0.2) is 0 Å². The van der Waals surface area contributed by atoms with Crippen LogP contribution in [0.1, 0.15) is 17.5 Å². The summed E-state index contributed by atoms with van der Waals surface area (Å²) in [5.74, 6) is 0.416. The minimum absolute atomic E-state index is 0.279. The monoisotopic (exact) mass is 178 g/mol. The first-order valence-corrected chi connectivity index (χ1v) is 4.64. The Bertz CT molecular complexity index is 307. The molecule has 1 N–H and O–H groups in total. The second-order valence-corrected chi connectivity index (χ2v) is 3.52. The lowest BCUT2D eigenvalue weighted by Gasteiger charge is -2.23. The summed E-state index contributed by atoms with van der Waals surface area (Å²) in [4.78, 5) is 0. The third-order valence-electron chi connectivity index (χ3n) is 2.75. The highest BCUT2D eigenvalue weighted by atomic mass is 16.5. The second-order valence-electron chi connectivity index (χ2n) is 3.52. The van der Waals surface area contributed by atoms with E-state index in [4.69, 9.17) is 4.74 Å². The number of aromatic hydroxyl groups is 1. The van der Waals surface area contributed by atoms with Crippen LogP contribution in [0.4, 0.5) is 0 Å². The van der Waals surface area contributed by atoms with E-state index < -0.39 is 0 Å². The van der Waals surface area contributed by atoms with Crippen molar-refractivity contribution in [1.82, 2.24) is 0 Å². The van der Waals surface area contributed by atoms with Gasteiger partial charge in [0.1, 0.15) is 5.75 Å². The molecule has 0 bridgehead atoms. The smallest absolute Gasteiger partial charge is 0.119 e. The van der Waals surface area contributed by atoms with Gasteiger partial charge in [-0.2, -0.15) is 0 Å². The maximum absolute atomic E-state index is 9.61. The van der Waals surface area contributed by atoms with Crippen molar-refractivity contribution in [3.05, 3.63) is 29.3 Å². The number of ether oxygens (including phenoxy) is 1. The van der Waals surface area contributed by atoms with Crippen molar-refractivity contribution in [3.63, 3.8) is 0 Å². The molecule has 0 fully saturated rings. The van der Waals surface area contributed by atoms with Gasteiger partial charge in [0.25, 0.3) is 0 Å². The number of phenolic OH excluding ortho intramolecular Hbond substituents is 1. The molecule has 0 saturated carbocycles. The quantitative estimate of drug-likeness (QED) is 0.711. The Kier molecular flexibility index (Phi) is 2.23. The lowest BCUT2D eigenvalue weighted by Crippen LogP contribution is -2.20. The molecule has 0 amide bonds. The van der Waals surface area contributed by atoms with Crippen molar-refractivity contribution in [1.29, 1.82) is 0 Å². The molecule has 2 nitrogen and oxygen atoms in total. The van der Waals surface area contributed by atoms with Gasteiger partial charge in [0.05, 0.1) is 6.10 Å². The predicted molar refractivity (Wildman–Crippen MR) is 50.9 cm³/mol. The normalized spacial score (nSPS) is 21.2. The van der Waals surface area contributed by atoms with Crippen LogP contribution in [0.2, 0.25) is 0 Å². The fraction of sp³-hybridized carbons (Fsp3) is 0.455. The number of aryl methyl sites for hydroxylation is 1. The van der Waals surface area contributed by atoms with E-state index in [1.807, 2.05) is 6.07 Å². The highest BCUT2D eigenvalue weighted by Crippen LogP contribution is 2.29. The van der Waals surface area contributed by atoms with E-state index >= 15 is 0 Å². The van der Waals surface area contributed by atoms with Crippen molar-refractivity contribution < 1.29 is 9.84 Å². The summed E-state index contributed by atoms with van der Waals surface area (Å²) in [7, 11) is 1.73. The van der Waals surface area contributed by atoms with Gasteiger partial charge in [-0.3, -0.25) is 0 Å². The number of phenols is 1. The molecule has 1 aromatic carbocycles. The van der Waals surface area contributed by atoms with Gasteiger partial charge in [0, 0.05) is 13.5 Å². The van der Waals surface area contributed by atoms with Gasteiger partial charge in [0.2, 0.25) is 0 Å². The topological polar surface area (TPSA) is 29.5 Å². The maximum Gasteiger partial charge on any atom is 0.119 e. The highest BCUT2D eigenvalue weighted by molar-refractivity contribution is 5.41. The summed E-state index contributed by atoms with van der Waals surface area (Å²) < 4.78 is 5.29. The van der Waals surface area contributed by atoms with Crippen molar-refractivity contribution in [2.75, 3.05) is 7.11 Å². The fourth-order valence-electron chi connectivity index (χ4n) is 1.94. The molecule has 0 aliphatic heterocycles. The van der Waals surface area contributed by atoms with E-state index in [0.29, 0.717) is 5.75 Å². The Balaban J connectivity index is 2.32. The van der Waals surface area contributed by atoms with Crippen molar-refractivity contribution >= 4 is 0 Å². The van der Waals surface area contributed by atoms with Crippen LogP contribution in [0.15, 0.2) is 18.2 Å². The molecule has 13 heavy (non-hydrogen) atoms. The Hall–Kier alpha value is -1.02. The van der Waals surface area contributed by atoms with E-state index in [1.54, 1.807) is 13.2 Å². The zero-order valence-electron chi connectivity index (χ0n) is 7.79. The van der Waals surface area contributed by atoms with Crippen LogP contribution in [0, 0.1) is 0 Å². The zero-order chi connectivity index (χ0) is 9.26. The minimum Gasteiger partial charge on any atom is -0.508 e. The molecule has 1 aromatic rings. The molecule has 0 heterocycles. The van der Waals surface area contributed by atoms with E-state index in [0.717, 1.165) is 24.8 Å². The van der Waals surface area contributed by atoms with Gasteiger partial charge < -0.3 is 9.84 Å². The van der Waals surface area contributed by atoms with Crippen molar-refractivity contribution in [2.24, 2.45) is 0 Å². The zero-order valence-corrected chi connectivity index (χ0v) is 7.79. The van der Waals surface area contributed by atoms with Crippen LogP contribution < -0.4 is 0 Å². The van der Waals surface area contributed by atoms with E-state index in [1.165, 1.54) is 5.56 Å². The van der Waals surface area contributed by atoms with Crippen molar-refractivity contribution in [3.8, 4) is 5.75 Å². The number of hydrogen-bond acceptors (Lipinski definition) is 2. The van der Waals surface area contributed by atoms with Crippen LogP contribution in [-0.4, -0.2) is 18.3 Å². The average Bonchev–Trinajstić information content (AvgIpc) is 2.18. The molecule has 1 unspecified atom stereocenters. The highest BCUT2D eigenvalue weighted by Gasteiger charge is 2.19. The molecule has 0 saturated heterocycles. The molecule has 70 valence electrons. The largest absolute Gasteiger partial charge is 0.508 e. The SMILES string of the molecule is COC1CCc2cccc(O)c2C1. The number of fused-ring (bicyclic) bond motifs is 1. The molecule has 2 heteroatoms. The second kappa shape index (κ2) is 3.38. The summed E-state index contributed by atoms with van der Waals surface area (Å²) in [6, 6.07) is 5.74. The van der Waals surface area contributed by atoms with Crippen LogP contribution in [0.25, 0.3) is 0 Å². The Morgan fingerprint density at radius 2 is 2.31 bits per heavy atom. The Morgan fingerprint density at radius 1 is 1.46 bits per heavy atom. The Morgan fingerprint density at radius 3 is 3.08 bits per heavy atom.